The number of hydrogen-bond donors (Lipinski definition) is 1. The lowest BCUT2D eigenvalue weighted by Gasteiger charge is -2.35. The largest absolute Gasteiger partial charge is 0.465 e. The number of allylic oxidation sites excluding steroid dienone is 2. The van der Waals surface area contributed by atoms with Crippen molar-refractivity contribution < 1.29 is 14.3 Å². The molecule has 1 aromatic rings. The van der Waals surface area contributed by atoms with Crippen molar-refractivity contribution in [3.05, 3.63) is 23.7 Å². The van der Waals surface area contributed by atoms with Gasteiger partial charge >= 0.3 is 5.97 Å². The Morgan fingerprint density at radius 3 is 3.21 bits per heavy atom. The van der Waals surface area contributed by atoms with Crippen molar-refractivity contribution in [2.45, 2.75) is 12.8 Å². The van der Waals surface area contributed by atoms with E-state index in [1.807, 2.05) is 12.2 Å². The normalized spacial score (nSPS) is 29.5. The van der Waals surface area contributed by atoms with Gasteiger partial charge in [0.05, 0.1) is 18.4 Å². The van der Waals surface area contributed by atoms with Gasteiger partial charge in [0.25, 0.3) is 0 Å². The molecule has 1 fully saturated rings. The molecule has 5 nitrogen and oxygen atoms in total. The molecule has 0 radical (unpaired) electrons. The standard InChI is InChI=1S/C13H14N2O3S/c16-11(15-13-14-5-7-19-13)9-3-1-2-8-4-6-18-12(17)10(8)9/h1-2,5,7-10H,3-4,6H2,(H,14,15,16)/t8-,9?,10+/m1/s1. The molecule has 2 heterocycles. The molecule has 3 atom stereocenters. The summed E-state index contributed by atoms with van der Waals surface area (Å²) < 4.78 is 5.10. The summed E-state index contributed by atoms with van der Waals surface area (Å²) in [7, 11) is 0. The van der Waals surface area contributed by atoms with E-state index in [2.05, 4.69) is 10.3 Å². The molecule has 3 rings (SSSR count). The summed E-state index contributed by atoms with van der Waals surface area (Å²) in [6.07, 6.45) is 7.05. The van der Waals surface area contributed by atoms with Gasteiger partial charge in [0.15, 0.2) is 5.13 Å². The highest BCUT2D eigenvalue weighted by Crippen LogP contribution is 2.36. The van der Waals surface area contributed by atoms with Crippen LogP contribution in [-0.4, -0.2) is 23.5 Å². The van der Waals surface area contributed by atoms with Gasteiger partial charge in [-0.2, -0.15) is 0 Å². The van der Waals surface area contributed by atoms with E-state index in [1.165, 1.54) is 11.3 Å². The third-order valence-corrected chi connectivity index (χ3v) is 4.32. The number of aromatic nitrogens is 1. The van der Waals surface area contributed by atoms with Gasteiger partial charge in [-0.1, -0.05) is 12.2 Å². The monoisotopic (exact) mass is 278 g/mol. The molecule has 1 aromatic heterocycles. The lowest BCUT2D eigenvalue weighted by atomic mass is 9.73. The van der Waals surface area contributed by atoms with Gasteiger partial charge < -0.3 is 10.1 Å². The Balaban J connectivity index is 1.77. The summed E-state index contributed by atoms with van der Waals surface area (Å²) in [4.78, 5) is 28.2. The lowest BCUT2D eigenvalue weighted by molar-refractivity contribution is -0.160. The number of nitrogens with zero attached hydrogens (tertiary/aromatic N) is 1. The average molecular weight is 278 g/mol. The minimum Gasteiger partial charge on any atom is -0.465 e. The van der Waals surface area contributed by atoms with Gasteiger partial charge in [0.2, 0.25) is 5.91 Å². The van der Waals surface area contributed by atoms with Crippen LogP contribution in [0, 0.1) is 17.8 Å². The Kier molecular flexibility index (Phi) is 3.33. The van der Waals surface area contributed by atoms with E-state index < -0.39 is 0 Å². The number of anilines is 1. The van der Waals surface area contributed by atoms with Crippen molar-refractivity contribution in [2.24, 2.45) is 17.8 Å². The molecule has 1 aliphatic heterocycles. The number of carbonyl (C=O) groups excluding carboxylic acids is 2. The molecule has 1 amide bonds. The molecule has 0 bridgehead atoms. The summed E-state index contributed by atoms with van der Waals surface area (Å²) in [5, 5.41) is 5.14. The second-order valence-electron chi connectivity index (χ2n) is 4.74. The zero-order valence-corrected chi connectivity index (χ0v) is 11.1. The average Bonchev–Trinajstić information content (AvgIpc) is 2.91. The van der Waals surface area contributed by atoms with E-state index in [-0.39, 0.29) is 29.6 Å². The number of nitrogens with one attached hydrogen (secondary N) is 1. The van der Waals surface area contributed by atoms with Crippen molar-refractivity contribution >= 4 is 28.3 Å². The molecular formula is C13H14N2O3S. The van der Waals surface area contributed by atoms with Crippen LogP contribution in [0.5, 0.6) is 0 Å². The zero-order chi connectivity index (χ0) is 13.2. The van der Waals surface area contributed by atoms with Crippen molar-refractivity contribution in [3.63, 3.8) is 0 Å². The highest BCUT2D eigenvalue weighted by molar-refractivity contribution is 7.13. The number of fused-ring (bicyclic) bond motifs is 1. The molecule has 1 unspecified atom stereocenters. The quantitative estimate of drug-likeness (QED) is 0.662. The molecule has 2 aliphatic rings. The number of carbonyl (C=O) groups is 2. The molecule has 6 heteroatoms. The van der Waals surface area contributed by atoms with E-state index >= 15 is 0 Å². The first-order valence-corrected chi connectivity index (χ1v) is 7.17. The number of thiazole rings is 1. The third-order valence-electron chi connectivity index (χ3n) is 3.63. The van der Waals surface area contributed by atoms with Gasteiger partial charge in [-0.3, -0.25) is 9.59 Å². The minimum atomic E-state index is -0.355. The SMILES string of the molecule is O=C(Nc1nccs1)C1CC=C[C@@H]2CCOC(=O)[C@H]12. The number of ether oxygens (including phenoxy) is 1. The topological polar surface area (TPSA) is 68.3 Å². The van der Waals surface area contributed by atoms with E-state index in [9.17, 15) is 9.59 Å². The van der Waals surface area contributed by atoms with Crippen molar-refractivity contribution in [1.82, 2.24) is 4.98 Å². The summed E-state index contributed by atoms with van der Waals surface area (Å²) in [5.74, 6) is -0.972. The summed E-state index contributed by atoms with van der Waals surface area (Å²) in [5.41, 5.74) is 0. The summed E-state index contributed by atoms with van der Waals surface area (Å²) in [6, 6.07) is 0. The van der Waals surface area contributed by atoms with Crippen LogP contribution < -0.4 is 5.32 Å². The van der Waals surface area contributed by atoms with E-state index in [1.54, 1.807) is 11.6 Å². The van der Waals surface area contributed by atoms with E-state index in [0.29, 0.717) is 18.2 Å². The van der Waals surface area contributed by atoms with Crippen LogP contribution in [-0.2, 0) is 14.3 Å². The Morgan fingerprint density at radius 2 is 2.42 bits per heavy atom. The number of cyclic esters (lactones) is 1. The zero-order valence-electron chi connectivity index (χ0n) is 10.2. The fourth-order valence-corrected chi connectivity index (χ4v) is 3.26. The Bertz CT molecular complexity index is 512. The molecule has 0 spiro atoms. The Hall–Kier alpha value is -1.69. The molecule has 19 heavy (non-hydrogen) atoms. The Morgan fingerprint density at radius 1 is 1.53 bits per heavy atom. The van der Waals surface area contributed by atoms with E-state index in [0.717, 1.165) is 6.42 Å². The molecule has 1 saturated heterocycles. The third kappa shape index (κ3) is 2.40. The number of rotatable bonds is 2. The maximum atomic E-state index is 12.3. The first-order chi connectivity index (χ1) is 9.25. The Labute approximate surface area is 114 Å². The van der Waals surface area contributed by atoms with E-state index in [4.69, 9.17) is 4.74 Å². The summed E-state index contributed by atoms with van der Waals surface area (Å²) in [6.45, 7) is 0.450. The first-order valence-electron chi connectivity index (χ1n) is 6.29. The fourth-order valence-electron chi connectivity index (χ4n) is 2.72. The van der Waals surface area contributed by atoms with Crippen molar-refractivity contribution in [1.29, 1.82) is 0 Å². The van der Waals surface area contributed by atoms with Crippen molar-refractivity contribution in [2.75, 3.05) is 11.9 Å². The maximum absolute atomic E-state index is 12.3. The highest BCUT2D eigenvalue weighted by atomic mass is 32.1. The van der Waals surface area contributed by atoms with Gasteiger partial charge in [0, 0.05) is 11.6 Å². The van der Waals surface area contributed by atoms with Gasteiger partial charge in [-0.15, -0.1) is 11.3 Å². The number of hydrogen-bond acceptors (Lipinski definition) is 5. The number of amides is 1. The maximum Gasteiger partial charge on any atom is 0.310 e. The van der Waals surface area contributed by atoms with Crippen LogP contribution in [0.3, 0.4) is 0 Å². The van der Waals surface area contributed by atoms with Gasteiger partial charge in [-0.05, 0) is 18.8 Å². The van der Waals surface area contributed by atoms with Crippen LogP contribution in [0.4, 0.5) is 5.13 Å². The van der Waals surface area contributed by atoms with Crippen LogP contribution in [0.15, 0.2) is 23.7 Å². The first kappa shape index (κ1) is 12.3. The van der Waals surface area contributed by atoms with Gasteiger partial charge in [-0.25, -0.2) is 4.98 Å². The number of esters is 1. The fraction of sp³-hybridized carbons (Fsp3) is 0.462. The lowest BCUT2D eigenvalue weighted by Crippen LogP contribution is -2.43. The van der Waals surface area contributed by atoms with Crippen LogP contribution >= 0.6 is 11.3 Å². The van der Waals surface area contributed by atoms with Crippen molar-refractivity contribution in [3.8, 4) is 0 Å². The van der Waals surface area contributed by atoms with Crippen LogP contribution in [0.25, 0.3) is 0 Å². The minimum absolute atomic E-state index is 0.127. The van der Waals surface area contributed by atoms with Gasteiger partial charge in [0.1, 0.15) is 0 Å². The molecule has 0 saturated carbocycles. The second-order valence-corrected chi connectivity index (χ2v) is 5.64. The molecule has 100 valence electrons. The van der Waals surface area contributed by atoms with Crippen LogP contribution in [0.1, 0.15) is 12.8 Å². The predicted octanol–water partition coefficient (Wildman–Crippen LogP) is 1.84. The predicted molar refractivity (Wildman–Crippen MR) is 70.5 cm³/mol. The molecule has 0 aromatic carbocycles. The smallest absolute Gasteiger partial charge is 0.310 e. The molecule has 1 aliphatic carbocycles. The second kappa shape index (κ2) is 5.13. The van der Waals surface area contributed by atoms with Crippen LogP contribution in [0.2, 0.25) is 0 Å². The molecule has 1 N–H and O–H groups in total. The summed E-state index contributed by atoms with van der Waals surface area (Å²) >= 11 is 1.37. The molecular weight excluding hydrogens is 264 g/mol. The highest BCUT2D eigenvalue weighted by Gasteiger charge is 2.43.